The van der Waals surface area contributed by atoms with Gasteiger partial charge in [0.05, 0.1) is 12.3 Å². The van der Waals surface area contributed by atoms with Crippen molar-refractivity contribution in [2.75, 3.05) is 52.1 Å². The summed E-state index contributed by atoms with van der Waals surface area (Å²) in [6, 6.07) is 6.77. The van der Waals surface area contributed by atoms with Gasteiger partial charge in [0.2, 0.25) is 5.91 Å². The van der Waals surface area contributed by atoms with E-state index in [1.54, 1.807) is 24.3 Å². The number of rotatable bonds is 7. The highest BCUT2D eigenvalue weighted by molar-refractivity contribution is 7.89. The third-order valence-corrected chi connectivity index (χ3v) is 5.84. The van der Waals surface area contributed by atoms with Crippen LogP contribution in [-0.4, -0.2) is 87.0 Å². The van der Waals surface area contributed by atoms with Gasteiger partial charge in [-0.2, -0.15) is 0 Å². The van der Waals surface area contributed by atoms with Gasteiger partial charge in [-0.25, -0.2) is 8.42 Å². The maximum Gasteiger partial charge on any atom is 0.253 e. The second-order valence-corrected chi connectivity index (χ2v) is 9.40. The molecular weight excluding hydrogens is 378 g/mol. The maximum atomic E-state index is 12.8. The molecule has 0 unspecified atom stereocenters. The van der Waals surface area contributed by atoms with Crippen LogP contribution in [0, 0.1) is 0 Å². The van der Waals surface area contributed by atoms with Crippen LogP contribution in [0.4, 0.5) is 0 Å². The van der Waals surface area contributed by atoms with Crippen molar-refractivity contribution in [2.24, 2.45) is 0 Å². The van der Waals surface area contributed by atoms with Crippen LogP contribution in [0.3, 0.4) is 0 Å². The quantitative estimate of drug-likeness (QED) is 0.677. The first-order valence-electron chi connectivity index (χ1n) is 9.79. The van der Waals surface area contributed by atoms with E-state index in [0.717, 1.165) is 13.0 Å². The maximum absolute atomic E-state index is 12.8. The van der Waals surface area contributed by atoms with Gasteiger partial charge in [0.15, 0.2) is 9.84 Å². The average Bonchev–Trinajstić information content (AvgIpc) is 2.87. The molecule has 2 rings (SSSR count). The highest BCUT2D eigenvalue weighted by Crippen LogP contribution is 2.12. The van der Waals surface area contributed by atoms with E-state index in [4.69, 9.17) is 0 Å². The minimum absolute atomic E-state index is 0.0271. The fourth-order valence-corrected chi connectivity index (χ4v) is 4.23. The normalized spacial score (nSPS) is 15.9. The number of nitrogens with zero attached hydrogens (tertiary/aromatic N) is 3. The topological polar surface area (TPSA) is 78.0 Å². The van der Waals surface area contributed by atoms with Crippen LogP contribution in [0.25, 0.3) is 0 Å². The zero-order valence-electron chi connectivity index (χ0n) is 17.1. The molecule has 1 aliphatic rings. The molecule has 0 saturated carbocycles. The molecule has 0 aromatic heterocycles. The van der Waals surface area contributed by atoms with Gasteiger partial charge < -0.3 is 9.80 Å². The number of benzene rings is 1. The summed E-state index contributed by atoms with van der Waals surface area (Å²) in [6.07, 6.45) is 2.02. The average molecular weight is 410 g/mol. The van der Waals surface area contributed by atoms with Crippen molar-refractivity contribution in [3.05, 3.63) is 35.4 Å². The summed E-state index contributed by atoms with van der Waals surface area (Å²) in [4.78, 5) is 30.9. The van der Waals surface area contributed by atoms with E-state index in [0.29, 0.717) is 50.4 Å². The number of sulfone groups is 1. The van der Waals surface area contributed by atoms with Gasteiger partial charge in [-0.1, -0.05) is 12.1 Å². The first-order valence-corrected chi connectivity index (χ1v) is 11.9. The number of amides is 2. The Morgan fingerprint density at radius 2 is 1.64 bits per heavy atom. The smallest absolute Gasteiger partial charge is 0.253 e. The van der Waals surface area contributed by atoms with Crippen LogP contribution in [0.2, 0.25) is 0 Å². The van der Waals surface area contributed by atoms with E-state index in [1.165, 1.54) is 6.26 Å². The first-order chi connectivity index (χ1) is 13.2. The molecule has 8 heteroatoms. The van der Waals surface area contributed by atoms with Crippen LogP contribution in [0.1, 0.15) is 36.2 Å². The van der Waals surface area contributed by atoms with Crippen LogP contribution < -0.4 is 0 Å². The molecule has 0 aliphatic carbocycles. The predicted octanol–water partition coefficient (Wildman–Crippen LogP) is 1.25. The zero-order valence-corrected chi connectivity index (χ0v) is 17.9. The molecule has 0 spiro atoms. The molecule has 0 radical (unpaired) electrons. The highest BCUT2D eigenvalue weighted by Gasteiger charge is 2.22. The standard InChI is InChI=1S/C20H31N3O4S/c1-4-22(5-2)19(24)15-21-11-6-12-23(14-13-21)20(25)18-9-7-17(8-10-18)16-28(3,26)27/h7-10H,4-6,11-16H2,1-3H3. The molecule has 2 amide bonds. The largest absolute Gasteiger partial charge is 0.342 e. The van der Waals surface area contributed by atoms with E-state index >= 15 is 0 Å². The number of hydrogen-bond acceptors (Lipinski definition) is 5. The Kier molecular flexibility index (Phi) is 8.00. The lowest BCUT2D eigenvalue weighted by molar-refractivity contribution is -0.132. The molecule has 1 aromatic carbocycles. The van der Waals surface area contributed by atoms with Crippen molar-refractivity contribution in [2.45, 2.75) is 26.0 Å². The van der Waals surface area contributed by atoms with Crippen LogP contribution >= 0.6 is 0 Å². The fraction of sp³-hybridized carbons (Fsp3) is 0.600. The minimum Gasteiger partial charge on any atom is -0.342 e. The van der Waals surface area contributed by atoms with Gasteiger partial charge in [0.25, 0.3) is 5.91 Å². The number of carbonyl (C=O) groups is 2. The summed E-state index contributed by atoms with van der Waals surface area (Å²) in [5.74, 6) is 0.0508. The lowest BCUT2D eigenvalue weighted by Crippen LogP contribution is -2.42. The van der Waals surface area contributed by atoms with E-state index in [2.05, 4.69) is 4.90 Å². The molecular formula is C20H31N3O4S. The fourth-order valence-electron chi connectivity index (χ4n) is 3.43. The Morgan fingerprint density at radius 1 is 1.00 bits per heavy atom. The van der Waals surface area contributed by atoms with E-state index in [-0.39, 0.29) is 17.6 Å². The monoisotopic (exact) mass is 409 g/mol. The molecule has 156 valence electrons. The lowest BCUT2D eigenvalue weighted by atomic mass is 10.1. The lowest BCUT2D eigenvalue weighted by Gasteiger charge is -2.25. The Hall–Kier alpha value is -1.93. The van der Waals surface area contributed by atoms with Crippen molar-refractivity contribution in [1.82, 2.24) is 14.7 Å². The van der Waals surface area contributed by atoms with Gasteiger partial charge in [-0.05, 0) is 38.0 Å². The number of likely N-dealkylation sites (N-methyl/N-ethyl adjacent to an activating group) is 1. The molecule has 7 nitrogen and oxygen atoms in total. The van der Waals surface area contributed by atoms with Crippen LogP contribution in [0.15, 0.2) is 24.3 Å². The van der Waals surface area contributed by atoms with Crippen molar-refractivity contribution in [3.8, 4) is 0 Å². The van der Waals surface area contributed by atoms with E-state index in [9.17, 15) is 18.0 Å². The van der Waals surface area contributed by atoms with Gasteiger partial charge in [-0.3, -0.25) is 14.5 Å². The second-order valence-electron chi connectivity index (χ2n) is 7.25. The summed E-state index contributed by atoms with van der Waals surface area (Å²) in [5.41, 5.74) is 1.24. The highest BCUT2D eigenvalue weighted by atomic mass is 32.2. The predicted molar refractivity (Wildman–Crippen MR) is 110 cm³/mol. The minimum atomic E-state index is -3.09. The summed E-state index contributed by atoms with van der Waals surface area (Å²) in [6.45, 7) is 8.47. The Morgan fingerprint density at radius 3 is 2.21 bits per heavy atom. The van der Waals surface area contributed by atoms with Crippen LogP contribution in [-0.2, 0) is 20.4 Å². The molecule has 1 saturated heterocycles. The van der Waals surface area contributed by atoms with Crippen LogP contribution in [0.5, 0.6) is 0 Å². The summed E-state index contributed by atoms with van der Waals surface area (Å²) in [5, 5.41) is 0. The first kappa shape index (κ1) is 22.4. The molecule has 1 heterocycles. The molecule has 28 heavy (non-hydrogen) atoms. The zero-order chi connectivity index (χ0) is 20.7. The molecule has 1 aromatic rings. The summed E-state index contributed by atoms with van der Waals surface area (Å²) >= 11 is 0. The third kappa shape index (κ3) is 6.60. The molecule has 1 fully saturated rings. The van der Waals surface area contributed by atoms with E-state index < -0.39 is 9.84 Å². The van der Waals surface area contributed by atoms with Crippen molar-refractivity contribution >= 4 is 21.7 Å². The van der Waals surface area contributed by atoms with Gasteiger partial charge in [0.1, 0.15) is 0 Å². The third-order valence-electron chi connectivity index (χ3n) is 4.98. The molecule has 0 bridgehead atoms. The summed E-state index contributed by atoms with van der Waals surface area (Å²) in [7, 11) is -3.09. The molecule has 0 atom stereocenters. The Balaban J connectivity index is 1.94. The van der Waals surface area contributed by atoms with Gasteiger partial charge in [0, 0.05) is 51.1 Å². The van der Waals surface area contributed by atoms with E-state index in [1.807, 2.05) is 23.6 Å². The SMILES string of the molecule is CCN(CC)C(=O)CN1CCCN(C(=O)c2ccc(CS(C)(=O)=O)cc2)CC1. The van der Waals surface area contributed by atoms with Gasteiger partial charge in [-0.15, -0.1) is 0 Å². The Bertz CT molecular complexity index is 773. The van der Waals surface area contributed by atoms with Crippen molar-refractivity contribution < 1.29 is 18.0 Å². The van der Waals surface area contributed by atoms with Crippen molar-refractivity contribution in [1.29, 1.82) is 0 Å². The molecule has 1 aliphatic heterocycles. The summed E-state index contributed by atoms with van der Waals surface area (Å²) < 4.78 is 22.8. The number of carbonyl (C=O) groups excluding carboxylic acids is 2. The second kappa shape index (κ2) is 10.0. The number of hydrogen-bond donors (Lipinski definition) is 0. The van der Waals surface area contributed by atoms with Crippen molar-refractivity contribution in [3.63, 3.8) is 0 Å². The Labute approximate surface area is 168 Å². The van der Waals surface area contributed by atoms with Gasteiger partial charge >= 0.3 is 0 Å². The molecule has 0 N–H and O–H groups in total.